The van der Waals surface area contributed by atoms with Crippen LogP contribution in [0.5, 0.6) is 23.0 Å². The number of esters is 2. The van der Waals surface area contributed by atoms with Gasteiger partial charge in [0.1, 0.15) is 17.9 Å². The van der Waals surface area contributed by atoms with E-state index in [1.807, 2.05) is 30.3 Å². The van der Waals surface area contributed by atoms with E-state index in [0.717, 1.165) is 5.56 Å². The molecule has 3 aromatic carbocycles. The number of methoxy groups -OCH3 is 3. The van der Waals surface area contributed by atoms with Crippen LogP contribution in [0.2, 0.25) is 0 Å². The molecule has 0 atom stereocenters. The van der Waals surface area contributed by atoms with Gasteiger partial charge in [-0.3, -0.25) is 0 Å². The van der Waals surface area contributed by atoms with Crippen molar-refractivity contribution in [2.45, 2.75) is 6.61 Å². The molecule has 0 radical (unpaired) electrons. The topological polar surface area (TPSA) is 89.5 Å². The summed E-state index contributed by atoms with van der Waals surface area (Å²) in [5.74, 6) is -0.287. The van der Waals surface area contributed by atoms with Gasteiger partial charge < -0.3 is 28.4 Å². The zero-order valence-electron chi connectivity index (χ0n) is 18.4. The quantitative estimate of drug-likeness (QED) is 0.515. The Morgan fingerprint density at radius 1 is 0.909 bits per heavy atom. The number of carbonyl (C=O) groups is 2. The number of benzene rings is 3. The monoisotopic (exact) mass is 450 g/mol. The lowest BCUT2D eigenvalue weighted by molar-refractivity contribution is 0.0574. The fourth-order valence-electron chi connectivity index (χ4n) is 3.65. The Bertz CT molecular complexity index is 1190. The highest BCUT2D eigenvalue weighted by Gasteiger charge is 2.32. The third-order valence-corrected chi connectivity index (χ3v) is 5.15. The smallest absolute Gasteiger partial charge is 0.342 e. The number of carbonyl (C=O) groups excluding carboxylic acids is 2. The molecule has 8 heteroatoms. The molecule has 0 unspecified atom stereocenters. The number of hydrogen-bond donors (Lipinski definition) is 0. The van der Waals surface area contributed by atoms with Crippen molar-refractivity contribution >= 4 is 11.9 Å². The second-order valence-electron chi connectivity index (χ2n) is 7.00. The number of fused-ring (bicyclic) bond motifs is 4. The van der Waals surface area contributed by atoms with Gasteiger partial charge in [0.2, 0.25) is 12.5 Å². The van der Waals surface area contributed by atoms with Gasteiger partial charge in [-0.2, -0.15) is 0 Å². The first-order valence-electron chi connectivity index (χ1n) is 10.1. The molecule has 1 aliphatic heterocycles. The Kier molecular flexibility index (Phi) is 6.35. The third kappa shape index (κ3) is 4.15. The summed E-state index contributed by atoms with van der Waals surface area (Å²) >= 11 is 0. The van der Waals surface area contributed by atoms with Crippen molar-refractivity contribution in [1.82, 2.24) is 0 Å². The highest BCUT2D eigenvalue weighted by Crippen LogP contribution is 2.49. The molecule has 170 valence electrons. The van der Waals surface area contributed by atoms with Gasteiger partial charge in [0, 0.05) is 11.1 Å². The van der Waals surface area contributed by atoms with Crippen molar-refractivity contribution in [3.8, 4) is 34.1 Å². The lowest BCUT2D eigenvalue weighted by Gasteiger charge is -2.25. The van der Waals surface area contributed by atoms with E-state index >= 15 is 0 Å². The second kappa shape index (κ2) is 9.52. The van der Waals surface area contributed by atoms with E-state index in [1.165, 1.54) is 21.3 Å². The second-order valence-corrected chi connectivity index (χ2v) is 7.00. The van der Waals surface area contributed by atoms with Gasteiger partial charge >= 0.3 is 11.9 Å². The summed E-state index contributed by atoms with van der Waals surface area (Å²) in [6, 6.07) is 16.1. The Morgan fingerprint density at radius 3 is 2.36 bits per heavy atom. The number of rotatable bonds is 6. The van der Waals surface area contributed by atoms with Gasteiger partial charge in [-0.1, -0.05) is 36.4 Å². The Hall–Kier alpha value is -4.20. The van der Waals surface area contributed by atoms with E-state index in [2.05, 4.69) is 0 Å². The maximum Gasteiger partial charge on any atom is 0.342 e. The normalized spacial score (nSPS) is 11.6. The van der Waals surface area contributed by atoms with Crippen LogP contribution in [-0.4, -0.2) is 40.1 Å². The average Bonchev–Trinajstić information content (AvgIpc) is 2.85. The molecule has 3 aromatic rings. The molecule has 8 nitrogen and oxygen atoms in total. The van der Waals surface area contributed by atoms with Crippen LogP contribution in [0.1, 0.15) is 26.3 Å². The van der Waals surface area contributed by atoms with E-state index in [-0.39, 0.29) is 36.0 Å². The van der Waals surface area contributed by atoms with E-state index in [0.29, 0.717) is 22.6 Å². The molecule has 0 spiro atoms. The van der Waals surface area contributed by atoms with Crippen molar-refractivity contribution in [1.29, 1.82) is 0 Å². The SMILES string of the molecule is COC(=O)c1cccc2c1-c1cc(OCc3ccccc3)c(OC)c(c1C(=O)OC)OCO2. The first kappa shape index (κ1) is 22.0. The van der Waals surface area contributed by atoms with Crippen molar-refractivity contribution in [3.63, 3.8) is 0 Å². The van der Waals surface area contributed by atoms with Gasteiger partial charge in [-0.05, 0) is 23.8 Å². The van der Waals surface area contributed by atoms with Gasteiger partial charge in [-0.25, -0.2) is 9.59 Å². The summed E-state index contributed by atoms with van der Waals surface area (Å²) in [4.78, 5) is 25.4. The predicted molar refractivity (Wildman–Crippen MR) is 118 cm³/mol. The first-order valence-corrected chi connectivity index (χ1v) is 10.1. The summed E-state index contributed by atoms with van der Waals surface area (Å²) in [5, 5.41) is 0. The molecule has 1 heterocycles. The zero-order valence-corrected chi connectivity index (χ0v) is 18.4. The van der Waals surface area contributed by atoms with E-state index in [9.17, 15) is 9.59 Å². The van der Waals surface area contributed by atoms with Crippen molar-refractivity contribution < 1.29 is 38.0 Å². The van der Waals surface area contributed by atoms with Crippen molar-refractivity contribution in [3.05, 3.63) is 71.3 Å². The Balaban J connectivity index is 1.97. The molecule has 1 aliphatic rings. The Labute approximate surface area is 190 Å². The van der Waals surface area contributed by atoms with E-state index in [4.69, 9.17) is 28.4 Å². The fourth-order valence-corrected chi connectivity index (χ4v) is 3.65. The van der Waals surface area contributed by atoms with Crippen LogP contribution in [0.4, 0.5) is 0 Å². The maximum atomic E-state index is 12.9. The van der Waals surface area contributed by atoms with Crippen molar-refractivity contribution in [2.24, 2.45) is 0 Å². The minimum atomic E-state index is -0.666. The number of hydrogen-bond acceptors (Lipinski definition) is 8. The van der Waals surface area contributed by atoms with Crippen molar-refractivity contribution in [2.75, 3.05) is 28.1 Å². The van der Waals surface area contributed by atoms with Gasteiger partial charge in [0.15, 0.2) is 11.5 Å². The molecular formula is C25H22O8. The van der Waals surface area contributed by atoms with Gasteiger partial charge in [0.05, 0.1) is 26.9 Å². The minimum absolute atomic E-state index is 0.0855. The molecule has 0 aliphatic carbocycles. The molecule has 0 N–H and O–H groups in total. The molecule has 33 heavy (non-hydrogen) atoms. The summed E-state index contributed by atoms with van der Waals surface area (Å²) < 4.78 is 33.1. The molecule has 2 bridgehead atoms. The molecule has 0 saturated heterocycles. The molecular weight excluding hydrogens is 428 g/mol. The minimum Gasteiger partial charge on any atom is -0.490 e. The Morgan fingerprint density at radius 2 is 1.67 bits per heavy atom. The average molecular weight is 450 g/mol. The van der Waals surface area contributed by atoms with Crippen LogP contribution in [0.15, 0.2) is 54.6 Å². The molecule has 0 saturated carbocycles. The standard InChI is InChI=1S/C25H22O8/c1-28-22-19(31-13-15-8-5-4-6-9-15)12-17-20-16(24(26)29-2)10-7-11-18(20)32-14-33-23(22)21(17)25(27)30-3/h4-12H,13-14H2,1-3H3. The van der Waals surface area contributed by atoms with Crippen LogP contribution in [0, 0.1) is 0 Å². The maximum absolute atomic E-state index is 12.9. The third-order valence-electron chi connectivity index (χ3n) is 5.15. The fraction of sp³-hybridized carbons (Fsp3) is 0.200. The molecule has 0 aromatic heterocycles. The van der Waals surface area contributed by atoms with Crippen LogP contribution < -0.4 is 18.9 Å². The van der Waals surface area contributed by atoms with Crippen LogP contribution >= 0.6 is 0 Å². The molecule has 4 rings (SSSR count). The van der Waals surface area contributed by atoms with Crippen LogP contribution in [-0.2, 0) is 16.1 Å². The lowest BCUT2D eigenvalue weighted by atomic mass is 9.92. The highest BCUT2D eigenvalue weighted by atomic mass is 16.7. The number of ether oxygens (including phenoxy) is 6. The molecule has 0 amide bonds. The van der Waals surface area contributed by atoms with Gasteiger partial charge in [0.25, 0.3) is 0 Å². The largest absolute Gasteiger partial charge is 0.490 e. The first-order chi connectivity index (χ1) is 16.1. The summed E-state index contributed by atoms with van der Waals surface area (Å²) in [6.45, 7) is 0.00914. The molecule has 0 fully saturated rings. The predicted octanol–water partition coefficient (Wildman–Crippen LogP) is 4.24. The highest BCUT2D eigenvalue weighted by molar-refractivity contribution is 6.07. The van der Waals surface area contributed by atoms with Gasteiger partial charge in [-0.15, -0.1) is 0 Å². The summed E-state index contributed by atoms with van der Waals surface area (Å²) in [5.41, 5.74) is 1.93. The lowest BCUT2D eigenvalue weighted by Crippen LogP contribution is -2.18. The summed E-state index contributed by atoms with van der Waals surface area (Å²) in [7, 11) is 3.99. The zero-order chi connectivity index (χ0) is 23.4. The van der Waals surface area contributed by atoms with Crippen LogP contribution in [0.25, 0.3) is 11.1 Å². The van der Waals surface area contributed by atoms with Crippen LogP contribution in [0.3, 0.4) is 0 Å². The van der Waals surface area contributed by atoms with E-state index < -0.39 is 11.9 Å². The summed E-state index contributed by atoms with van der Waals surface area (Å²) in [6.07, 6.45) is 0. The van der Waals surface area contributed by atoms with E-state index in [1.54, 1.807) is 24.3 Å².